The molecule has 6 heteroatoms. The number of hydrogen-bond acceptors (Lipinski definition) is 6. The van der Waals surface area contributed by atoms with Gasteiger partial charge in [0.25, 0.3) is 0 Å². The molecule has 0 radical (unpaired) electrons. The van der Waals surface area contributed by atoms with Gasteiger partial charge in [0.05, 0.1) is 12.7 Å². The van der Waals surface area contributed by atoms with Gasteiger partial charge in [0.1, 0.15) is 6.61 Å². The largest absolute Gasteiger partial charge is 0.462 e. The first-order valence-corrected chi connectivity index (χ1v) is 19.6. The van der Waals surface area contributed by atoms with Gasteiger partial charge in [-0.25, -0.2) is 0 Å². The number of aliphatic hydroxyl groups excluding tert-OH is 2. The predicted molar refractivity (Wildman–Crippen MR) is 202 cm³/mol. The SMILES string of the molecule is CC[C@@H](O)CC/C=C\C/C=C\C/C=C\C/C=C\CCCC(=O)O[C@@H](CO)COC(=O)CCCCCCCCCCCCCCCC(C)C. The van der Waals surface area contributed by atoms with Crippen LogP contribution in [0.5, 0.6) is 0 Å². The van der Waals surface area contributed by atoms with Crippen molar-refractivity contribution >= 4 is 11.9 Å². The molecule has 6 nitrogen and oxygen atoms in total. The van der Waals surface area contributed by atoms with Crippen LogP contribution in [-0.2, 0) is 19.1 Å². The summed E-state index contributed by atoms with van der Waals surface area (Å²) in [6, 6.07) is 0. The minimum Gasteiger partial charge on any atom is -0.462 e. The summed E-state index contributed by atoms with van der Waals surface area (Å²) in [6.45, 7) is 6.16. The van der Waals surface area contributed by atoms with Crippen LogP contribution in [0.1, 0.15) is 175 Å². The molecule has 0 aliphatic carbocycles. The highest BCUT2D eigenvalue weighted by Gasteiger charge is 2.16. The van der Waals surface area contributed by atoms with Gasteiger partial charge in [-0.2, -0.15) is 0 Å². The molecule has 0 aromatic carbocycles. The molecule has 0 aromatic rings. The third kappa shape index (κ3) is 35.1. The molecular formula is C42H74O6. The molecule has 0 saturated heterocycles. The highest BCUT2D eigenvalue weighted by Crippen LogP contribution is 2.15. The van der Waals surface area contributed by atoms with Crippen molar-refractivity contribution in [3.8, 4) is 0 Å². The van der Waals surface area contributed by atoms with Crippen molar-refractivity contribution in [3.05, 3.63) is 48.6 Å². The monoisotopic (exact) mass is 675 g/mol. The van der Waals surface area contributed by atoms with Crippen LogP contribution in [0, 0.1) is 5.92 Å². The maximum Gasteiger partial charge on any atom is 0.306 e. The second-order valence-electron chi connectivity index (χ2n) is 13.6. The molecular weight excluding hydrogens is 600 g/mol. The number of hydrogen-bond donors (Lipinski definition) is 2. The summed E-state index contributed by atoms with van der Waals surface area (Å²) in [7, 11) is 0. The minimum absolute atomic E-state index is 0.0960. The molecule has 0 rings (SSSR count). The van der Waals surface area contributed by atoms with E-state index in [1.165, 1.54) is 70.6 Å². The van der Waals surface area contributed by atoms with Gasteiger partial charge in [0, 0.05) is 12.8 Å². The molecule has 0 aliphatic rings. The van der Waals surface area contributed by atoms with E-state index in [9.17, 15) is 19.8 Å². The third-order valence-corrected chi connectivity index (χ3v) is 8.47. The normalized spacial score (nSPS) is 13.5. The van der Waals surface area contributed by atoms with Crippen LogP contribution in [0.2, 0.25) is 0 Å². The lowest BCUT2D eigenvalue weighted by Crippen LogP contribution is -2.28. The Morgan fingerprint density at radius 3 is 1.54 bits per heavy atom. The van der Waals surface area contributed by atoms with Crippen molar-refractivity contribution in [2.24, 2.45) is 5.92 Å². The van der Waals surface area contributed by atoms with E-state index in [2.05, 4.69) is 62.5 Å². The number of esters is 2. The third-order valence-electron chi connectivity index (χ3n) is 8.47. The summed E-state index contributed by atoms with van der Waals surface area (Å²) in [4.78, 5) is 24.2. The lowest BCUT2D eigenvalue weighted by molar-refractivity contribution is -0.161. The Hall–Kier alpha value is -2.18. The van der Waals surface area contributed by atoms with Gasteiger partial charge < -0.3 is 19.7 Å². The summed E-state index contributed by atoms with van der Waals surface area (Å²) in [6.07, 6.45) is 41.2. The van der Waals surface area contributed by atoms with Gasteiger partial charge >= 0.3 is 11.9 Å². The van der Waals surface area contributed by atoms with Gasteiger partial charge in [-0.1, -0.05) is 153 Å². The van der Waals surface area contributed by atoms with Crippen molar-refractivity contribution in [2.75, 3.05) is 13.2 Å². The van der Waals surface area contributed by atoms with Crippen molar-refractivity contribution in [1.82, 2.24) is 0 Å². The van der Waals surface area contributed by atoms with E-state index in [0.717, 1.165) is 70.1 Å². The maximum atomic E-state index is 12.1. The highest BCUT2D eigenvalue weighted by molar-refractivity contribution is 5.70. The quantitative estimate of drug-likeness (QED) is 0.0401. The Morgan fingerprint density at radius 2 is 1.04 bits per heavy atom. The van der Waals surface area contributed by atoms with E-state index in [-0.39, 0.29) is 37.7 Å². The second kappa shape index (κ2) is 36.1. The summed E-state index contributed by atoms with van der Waals surface area (Å²) in [5.41, 5.74) is 0. The molecule has 0 fully saturated rings. The Labute approximate surface area is 295 Å². The fourth-order valence-corrected chi connectivity index (χ4v) is 5.30. The Balaban J connectivity index is 3.67. The lowest BCUT2D eigenvalue weighted by atomic mass is 10.0. The smallest absolute Gasteiger partial charge is 0.306 e. The summed E-state index contributed by atoms with van der Waals surface area (Å²) < 4.78 is 10.5. The molecule has 278 valence electrons. The van der Waals surface area contributed by atoms with E-state index >= 15 is 0 Å². The second-order valence-corrected chi connectivity index (χ2v) is 13.6. The molecule has 0 heterocycles. The van der Waals surface area contributed by atoms with Gasteiger partial charge in [0.15, 0.2) is 6.10 Å². The fraction of sp³-hybridized carbons (Fsp3) is 0.762. The molecule has 2 atom stereocenters. The lowest BCUT2D eigenvalue weighted by Gasteiger charge is -2.15. The Morgan fingerprint density at radius 1 is 0.583 bits per heavy atom. The first-order valence-electron chi connectivity index (χ1n) is 19.6. The summed E-state index contributed by atoms with van der Waals surface area (Å²) in [5.74, 6) is 0.166. The average molecular weight is 675 g/mol. The molecule has 0 saturated carbocycles. The number of rotatable bonds is 34. The molecule has 0 spiro atoms. The zero-order valence-corrected chi connectivity index (χ0v) is 31.3. The van der Waals surface area contributed by atoms with Crippen molar-refractivity contribution in [1.29, 1.82) is 0 Å². The number of carbonyl (C=O) groups is 2. The zero-order valence-electron chi connectivity index (χ0n) is 31.3. The molecule has 0 amide bonds. The number of ether oxygens (including phenoxy) is 2. The summed E-state index contributed by atoms with van der Waals surface area (Å²) in [5, 5.41) is 19.1. The molecule has 48 heavy (non-hydrogen) atoms. The van der Waals surface area contributed by atoms with Gasteiger partial charge in [-0.05, 0) is 63.7 Å². The summed E-state index contributed by atoms with van der Waals surface area (Å²) >= 11 is 0. The Bertz CT molecular complexity index is 843. The molecule has 0 bridgehead atoms. The van der Waals surface area contributed by atoms with Gasteiger partial charge in [0.2, 0.25) is 0 Å². The van der Waals surface area contributed by atoms with Gasteiger partial charge in [-0.15, -0.1) is 0 Å². The highest BCUT2D eigenvalue weighted by atomic mass is 16.6. The van der Waals surface area contributed by atoms with Crippen LogP contribution in [0.4, 0.5) is 0 Å². The standard InChI is InChI=1S/C42H74O6/c1-4-39(44)33-29-25-21-17-13-9-5-6-10-15-19-23-27-31-35-42(46)48-40(36-43)37-47-41(45)34-30-26-22-18-14-11-7-8-12-16-20-24-28-32-38(2)3/h6,9-10,13,19,21,23,25,38-40,43-44H,4-5,7-8,11-12,14-18,20,22,24,26-37H2,1-3H3/b10-6-,13-9-,23-19-,25-21-/t39-,40+/m1/s1. The van der Waals surface area contributed by atoms with E-state index in [1.807, 2.05) is 6.92 Å². The zero-order chi connectivity index (χ0) is 35.3. The van der Waals surface area contributed by atoms with E-state index < -0.39 is 6.10 Å². The van der Waals surface area contributed by atoms with Crippen molar-refractivity contribution in [3.63, 3.8) is 0 Å². The van der Waals surface area contributed by atoms with Crippen molar-refractivity contribution in [2.45, 2.75) is 187 Å². The molecule has 2 N–H and O–H groups in total. The maximum absolute atomic E-state index is 12.1. The van der Waals surface area contributed by atoms with Crippen LogP contribution < -0.4 is 0 Å². The van der Waals surface area contributed by atoms with Crippen LogP contribution in [0.25, 0.3) is 0 Å². The topological polar surface area (TPSA) is 93.1 Å². The van der Waals surface area contributed by atoms with Crippen LogP contribution in [0.15, 0.2) is 48.6 Å². The number of allylic oxidation sites excluding steroid dienone is 8. The number of unbranched alkanes of at least 4 members (excludes halogenated alkanes) is 13. The molecule has 0 aromatic heterocycles. The minimum atomic E-state index is -0.808. The van der Waals surface area contributed by atoms with Crippen LogP contribution >= 0.6 is 0 Å². The Kier molecular flexibility index (Phi) is 34.5. The molecule has 0 aliphatic heterocycles. The number of carbonyl (C=O) groups excluding carboxylic acids is 2. The predicted octanol–water partition coefficient (Wildman–Crippen LogP) is 11.1. The van der Waals surface area contributed by atoms with Gasteiger partial charge in [-0.3, -0.25) is 9.59 Å². The van der Waals surface area contributed by atoms with Crippen LogP contribution in [-0.4, -0.2) is 47.6 Å². The van der Waals surface area contributed by atoms with E-state index in [1.54, 1.807) is 0 Å². The van der Waals surface area contributed by atoms with Crippen LogP contribution in [0.3, 0.4) is 0 Å². The van der Waals surface area contributed by atoms with E-state index in [4.69, 9.17) is 9.47 Å². The van der Waals surface area contributed by atoms with Crippen molar-refractivity contribution < 1.29 is 29.3 Å². The first-order chi connectivity index (χ1) is 23.4. The molecule has 0 unspecified atom stereocenters. The number of aliphatic hydroxyl groups is 2. The fourth-order valence-electron chi connectivity index (χ4n) is 5.30. The van der Waals surface area contributed by atoms with E-state index in [0.29, 0.717) is 12.8 Å². The first kappa shape index (κ1) is 45.8. The average Bonchev–Trinajstić information content (AvgIpc) is 3.07.